The van der Waals surface area contributed by atoms with Crippen molar-refractivity contribution < 1.29 is 0 Å². The fourth-order valence-corrected chi connectivity index (χ4v) is 2.90. The number of allylic oxidation sites excluding steroid dienone is 1. The molecule has 1 atom stereocenters. The number of hydrogen-bond acceptors (Lipinski definition) is 1. The molecule has 0 heterocycles. The molecular weight excluding hydrogens is 230 g/mol. The minimum atomic E-state index is 0.575. The predicted molar refractivity (Wildman–Crippen MR) is 83.6 cm³/mol. The van der Waals surface area contributed by atoms with Crippen molar-refractivity contribution in [1.82, 2.24) is 5.32 Å². The second-order valence-electron chi connectivity index (χ2n) is 5.92. The SMILES string of the molecule is CNC(CC1=CCCCC1)Cc1ccc(C)c(C)c1. The number of benzene rings is 1. The largest absolute Gasteiger partial charge is 0.316 e. The minimum absolute atomic E-state index is 0.575. The lowest BCUT2D eigenvalue weighted by atomic mass is 9.91. The Labute approximate surface area is 118 Å². The quantitative estimate of drug-likeness (QED) is 0.774. The summed E-state index contributed by atoms with van der Waals surface area (Å²) < 4.78 is 0. The Hall–Kier alpha value is -1.08. The molecular formula is C18H27N. The van der Waals surface area contributed by atoms with E-state index in [2.05, 4.69) is 50.5 Å². The molecule has 0 aliphatic heterocycles. The summed E-state index contributed by atoms with van der Waals surface area (Å²) in [4.78, 5) is 0. The monoisotopic (exact) mass is 257 g/mol. The van der Waals surface area contributed by atoms with Gasteiger partial charge in [-0.05, 0) is 76.1 Å². The van der Waals surface area contributed by atoms with Crippen molar-refractivity contribution in [3.8, 4) is 0 Å². The van der Waals surface area contributed by atoms with Crippen LogP contribution in [0.1, 0.15) is 48.8 Å². The molecule has 0 aromatic heterocycles. The highest BCUT2D eigenvalue weighted by atomic mass is 14.9. The zero-order valence-electron chi connectivity index (χ0n) is 12.6. The van der Waals surface area contributed by atoms with Gasteiger partial charge >= 0.3 is 0 Å². The summed E-state index contributed by atoms with van der Waals surface area (Å²) in [5.41, 5.74) is 5.91. The van der Waals surface area contributed by atoms with Crippen LogP contribution in [0.15, 0.2) is 29.8 Å². The average molecular weight is 257 g/mol. The van der Waals surface area contributed by atoms with Gasteiger partial charge in [0.1, 0.15) is 0 Å². The Morgan fingerprint density at radius 3 is 2.58 bits per heavy atom. The fraction of sp³-hybridized carbons (Fsp3) is 0.556. The van der Waals surface area contributed by atoms with Crippen LogP contribution >= 0.6 is 0 Å². The highest BCUT2D eigenvalue weighted by molar-refractivity contribution is 5.30. The van der Waals surface area contributed by atoms with E-state index in [4.69, 9.17) is 0 Å². The Kier molecular flexibility index (Phi) is 5.21. The first-order chi connectivity index (χ1) is 9.19. The molecule has 2 rings (SSSR count). The third kappa shape index (κ3) is 4.21. The highest BCUT2D eigenvalue weighted by Gasteiger charge is 2.12. The minimum Gasteiger partial charge on any atom is -0.316 e. The van der Waals surface area contributed by atoms with Gasteiger partial charge in [-0.25, -0.2) is 0 Å². The molecule has 1 aromatic rings. The van der Waals surface area contributed by atoms with Crippen LogP contribution < -0.4 is 5.32 Å². The number of nitrogens with one attached hydrogen (secondary N) is 1. The molecule has 1 aliphatic carbocycles. The lowest BCUT2D eigenvalue weighted by Gasteiger charge is -2.21. The van der Waals surface area contributed by atoms with Crippen LogP contribution in [-0.4, -0.2) is 13.1 Å². The molecule has 0 amide bonds. The lowest BCUT2D eigenvalue weighted by molar-refractivity contribution is 0.532. The smallest absolute Gasteiger partial charge is 0.0142 e. The van der Waals surface area contributed by atoms with Crippen LogP contribution in [-0.2, 0) is 6.42 Å². The van der Waals surface area contributed by atoms with E-state index in [0.717, 1.165) is 6.42 Å². The number of rotatable bonds is 5. The molecule has 1 heteroatoms. The van der Waals surface area contributed by atoms with Gasteiger partial charge in [0.15, 0.2) is 0 Å². The predicted octanol–water partition coefficient (Wildman–Crippen LogP) is 4.32. The first-order valence-corrected chi connectivity index (χ1v) is 7.60. The van der Waals surface area contributed by atoms with Crippen LogP contribution in [0.4, 0.5) is 0 Å². The molecule has 1 unspecified atom stereocenters. The van der Waals surface area contributed by atoms with Gasteiger partial charge in [0, 0.05) is 6.04 Å². The number of aryl methyl sites for hydroxylation is 2. The molecule has 0 saturated heterocycles. The van der Waals surface area contributed by atoms with Gasteiger partial charge in [0.2, 0.25) is 0 Å². The molecule has 0 bridgehead atoms. The number of hydrogen-bond donors (Lipinski definition) is 1. The first-order valence-electron chi connectivity index (χ1n) is 7.60. The summed E-state index contributed by atoms with van der Waals surface area (Å²) in [6.07, 6.45) is 10.2. The second-order valence-corrected chi connectivity index (χ2v) is 5.92. The molecule has 0 spiro atoms. The van der Waals surface area contributed by atoms with Crippen molar-refractivity contribution in [3.63, 3.8) is 0 Å². The fourth-order valence-electron chi connectivity index (χ4n) is 2.90. The van der Waals surface area contributed by atoms with Gasteiger partial charge in [-0.3, -0.25) is 0 Å². The first kappa shape index (κ1) is 14.3. The Morgan fingerprint density at radius 2 is 1.95 bits per heavy atom. The van der Waals surface area contributed by atoms with Crippen LogP contribution in [0.2, 0.25) is 0 Å². The number of likely N-dealkylation sites (N-methyl/N-ethyl adjacent to an activating group) is 1. The summed E-state index contributed by atoms with van der Waals surface area (Å²) in [6.45, 7) is 4.39. The Bertz CT molecular complexity index is 445. The second kappa shape index (κ2) is 6.91. The van der Waals surface area contributed by atoms with Crippen molar-refractivity contribution in [2.75, 3.05) is 7.05 Å². The molecule has 0 radical (unpaired) electrons. The molecule has 1 N–H and O–H groups in total. The van der Waals surface area contributed by atoms with Crippen molar-refractivity contribution in [2.45, 2.75) is 58.4 Å². The summed E-state index contributed by atoms with van der Waals surface area (Å²) in [5, 5.41) is 3.49. The van der Waals surface area contributed by atoms with E-state index in [1.807, 2.05) is 0 Å². The summed E-state index contributed by atoms with van der Waals surface area (Å²) in [7, 11) is 2.09. The van der Waals surface area contributed by atoms with Gasteiger partial charge in [0.05, 0.1) is 0 Å². The van der Waals surface area contributed by atoms with Crippen LogP contribution in [0.5, 0.6) is 0 Å². The zero-order chi connectivity index (χ0) is 13.7. The van der Waals surface area contributed by atoms with E-state index in [1.54, 1.807) is 5.57 Å². The lowest BCUT2D eigenvalue weighted by Crippen LogP contribution is -2.28. The standard InChI is InChI=1S/C18H27N/c1-14-9-10-17(11-15(14)2)13-18(19-3)12-16-7-5-4-6-8-16/h7,9-11,18-19H,4-6,8,12-13H2,1-3H3. The zero-order valence-corrected chi connectivity index (χ0v) is 12.6. The molecule has 1 aromatic carbocycles. The maximum atomic E-state index is 3.49. The Morgan fingerprint density at radius 1 is 1.11 bits per heavy atom. The van der Waals surface area contributed by atoms with Crippen molar-refractivity contribution in [1.29, 1.82) is 0 Å². The van der Waals surface area contributed by atoms with Crippen molar-refractivity contribution in [2.24, 2.45) is 0 Å². The van der Waals surface area contributed by atoms with E-state index in [1.165, 1.54) is 48.8 Å². The van der Waals surface area contributed by atoms with Gasteiger partial charge in [-0.15, -0.1) is 0 Å². The molecule has 0 fully saturated rings. The molecule has 1 nitrogen and oxygen atoms in total. The topological polar surface area (TPSA) is 12.0 Å². The van der Waals surface area contributed by atoms with E-state index in [9.17, 15) is 0 Å². The molecule has 0 saturated carbocycles. The van der Waals surface area contributed by atoms with Gasteiger partial charge in [-0.1, -0.05) is 29.8 Å². The van der Waals surface area contributed by atoms with Crippen LogP contribution in [0, 0.1) is 13.8 Å². The molecule has 19 heavy (non-hydrogen) atoms. The maximum absolute atomic E-state index is 3.49. The van der Waals surface area contributed by atoms with Gasteiger partial charge in [-0.2, -0.15) is 0 Å². The summed E-state index contributed by atoms with van der Waals surface area (Å²) in [5.74, 6) is 0. The summed E-state index contributed by atoms with van der Waals surface area (Å²) >= 11 is 0. The van der Waals surface area contributed by atoms with E-state index in [-0.39, 0.29) is 0 Å². The normalized spacial score (nSPS) is 17.1. The van der Waals surface area contributed by atoms with Gasteiger partial charge < -0.3 is 5.32 Å². The Balaban J connectivity index is 1.97. The summed E-state index contributed by atoms with van der Waals surface area (Å²) in [6, 6.07) is 7.44. The van der Waals surface area contributed by atoms with E-state index < -0.39 is 0 Å². The van der Waals surface area contributed by atoms with Crippen LogP contribution in [0.25, 0.3) is 0 Å². The molecule has 1 aliphatic rings. The molecule has 104 valence electrons. The van der Waals surface area contributed by atoms with Crippen molar-refractivity contribution >= 4 is 0 Å². The maximum Gasteiger partial charge on any atom is 0.0142 e. The van der Waals surface area contributed by atoms with E-state index >= 15 is 0 Å². The third-order valence-electron chi connectivity index (χ3n) is 4.36. The average Bonchev–Trinajstić information content (AvgIpc) is 2.43. The van der Waals surface area contributed by atoms with Crippen LogP contribution in [0.3, 0.4) is 0 Å². The van der Waals surface area contributed by atoms with Crippen molar-refractivity contribution in [3.05, 3.63) is 46.5 Å². The highest BCUT2D eigenvalue weighted by Crippen LogP contribution is 2.22. The van der Waals surface area contributed by atoms with Gasteiger partial charge in [0.25, 0.3) is 0 Å². The third-order valence-corrected chi connectivity index (χ3v) is 4.36. The van der Waals surface area contributed by atoms with E-state index in [0.29, 0.717) is 6.04 Å².